The Balaban J connectivity index is 2.27. The summed E-state index contributed by atoms with van der Waals surface area (Å²) in [6, 6.07) is 3.78. The third kappa shape index (κ3) is 4.24. The predicted molar refractivity (Wildman–Crippen MR) is 94.3 cm³/mol. The van der Waals surface area contributed by atoms with E-state index in [1.165, 1.54) is 30.7 Å². The van der Waals surface area contributed by atoms with Crippen LogP contribution in [-0.2, 0) is 14.8 Å². The molecule has 8 heteroatoms. The zero-order valence-corrected chi connectivity index (χ0v) is 15.9. The molecule has 1 atom stereocenters. The van der Waals surface area contributed by atoms with Gasteiger partial charge < -0.3 is 14.8 Å². The summed E-state index contributed by atoms with van der Waals surface area (Å²) in [5, 5.41) is 2.83. The van der Waals surface area contributed by atoms with Gasteiger partial charge in [-0.3, -0.25) is 4.79 Å². The molecule has 1 aromatic carbocycles. The average Bonchev–Trinajstić information content (AvgIpc) is 3.09. The first-order chi connectivity index (χ1) is 11.8. The van der Waals surface area contributed by atoms with Crippen LogP contribution in [0.25, 0.3) is 0 Å². The number of carbonyl (C=O) groups is 1. The van der Waals surface area contributed by atoms with Crippen LogP contribution in [0.5, 0.6) is 11.5 Å². The lowest BCUT2D eigenvalue weighted by Crippen LogP contribution is -2.46. The molecule has 0 saturated carbocycles. The second-order valence-corrected chi connectivity index (χ2v) is 8.32. The molecule has 1 aromatic rings. The second-order valence-electron chi connectivity index (χ2n) is 6.43. The molecular formula is C17H26N2O5S. The lowest BCUT2D eigenvalue weighted by molar-refractivity contribution is -0.124. The van der Waals surface area contributed by atoms with Gasteiger partial charge in [0.15, 0.2) is 11.5 Å². The molecule has 0 aliphatic carbocycles. The third-order valence-corrected chi connectivity index (χ3v) is 6.06. The number of hydrogen-bond acceptors (Lipinski definition) is 5. The van der Waals surface area contributed by atoms with E-state index in [1.54, 1.807) is 6.07 Å². The van der Waals surface area contributed by atoms with Crippen molar-refractivity contribution in [2.75, 3.05) is 27.3 Å². The minimum Gasteiger partial charge on any atom is -0.493 e. The SMILES string of the molecule is COc1ccc(S(=O)(=O)N2CCCC2C(=O)NCC(C)C)cc1OC. The van der Waals surface area contributed by atoms with Crippen LogP contribution in [-0.4, -0.2) is 52.0 Å². The first-order valence-electron chi connectivity index (χ1n) is 8.32. The van der Waals surface area contributed by atoms with Gasteiger partial charge in [-0.15, -0.1) is 0 Å². The predicted octanol–water partition coefficient (Wildman–Crippen LogP) is 1.63. The van der Waals surface area contributed by atoms with Crippen LogP contribution < -0.4 is 14.8 Å². The Morgan fingerprint density at radius 2 is 1.96 bits per heavy atom. The largest absolute Gasteiger partial charge is 0.493 e. The molecule has 0 bridgehead atoms. The molecular weight excluding hydrogens is 344 g/mol. The smallest absolute Gasteiger partial charge is 0.243 e. The van der Waals surface area contributed by atoms with Gasteiger partial charge in [-0.2, -0.15) is 4.31 Å². The number of nitrogens with one attached hydrogen (secondary N) is 1. The molecule has 2 rings (SSSR count). The molecule has 0 spiro atoms. The number of nitrogens with zero attached hydrogens (tertiary/aromatic N) is 1. The minimum atomic E-state index is -3.79. The summed E-state index contributed by atoms with van der Waals surface area (Å²) in [5.41, 5.74) is 0. The van der Waals surface area contributed by atoms with Crippen molar-refractivity contribution in [2.45, 2.75) is 37.6 Å². The topological polar surface area (TPSA) is 84.9 Å². The monoisotopic (exact) mass is 370 g/mol. The fourth-order valence-electron chi connectivity index (χ4n) is 2.82. The quantitative estimate of drug-likeness (QED) is 0.788. The van der Waals surface area contributed by atoms with Crippen LogP contribution in [0.1, 0.15) is 26.7 Å². The standard InChI is InChI=1S/C17H26N2O5S/c1-12(2)11-18-17(20)14-6-5-9-19(14)25(21,22)13-7-8-15(23-3)16(10-13)24-4/h7-8,10,12,14H,5-6,9,11H2,1-4H3,(H,18,20). The number of amides is 1. The van der Waals surface area contributed by atoms with Crippen LogP contribution in [0.15, 0.2) is 23.1 Å². The normalized spacial score (nSPS) is 18.4. The fourth-order valence-corrected chi connectivity index (χ4v) is 4.50. The van der Waals surface area contributed by atoms with Gasteiger partial charge in [0.2, 0.25) is 15.9 Å². The molecule has 0 radical (unpaired) electrons. The van der Waals surface area contributed by atoms with E-state index in [9.17, 15) is 13.2 Å². The van der Waals surface area contributed by atoms with Crippen LogP contribution in [0.4, 0.5) is 0 Å². The number of sulfonamides is 1. The van der Waals surface area contributed by atoms with Gasteiger partial charge in [-0.25, -0.2) is 8.42 Å². The number of hydrogen-bond donors (Lipinski definition) is 1. The molecule has 1 saturated heterocycles. The molecule has 1 aliphatic rings. The van der Waals surface area contributed by atoms with E-state index >= 15 is 0 Å². The van der Waals surface area contributed by atoms with Crippen molar-refractivity contribution in [3.8, 4) is 11.5 Å². The van der Waals surface area contributed by atoms with Gasteiger partial charge >= 0.3 is 0 Å². The van der Waals surface area contributed by atoms with Gasteiger partial charge in [0.05, 0.1) is 19.1 Å². The maximum atomic E-state index is 13.0. The van der Waals surface area contributed by atoms with Crippen molar-refractivity contribution in [3.05, 3.63) is 18.2 Å². The van der Waals surface area contributed by atoms with E-state index < -0.39 is 16.1 Å². The van der Waals surface area contributed by atoms with Gasteiger partial charge in [0.1, 0.15) is 6.04 Å². The van der Waals surface area contributed by atoms with E-state index in [0.29, 0.717) is 43.3 Å². The number of methoxy groups -OCH3 is 2. The first-order valence-corrected chi connectivity index (χ1v) is 9.76. The first kappa shape index (κ1) is 19.5. The Kier molecular flexibility index (Phi) is 6.29. The van der Waals surface area contributed by atoms with E-state index in [2.05, 4.69) is 5.32 Å². The van der Waals surface area contributed by atoms with Gasteiger partial charge in [0, 0.05) is 19.2 Å². The summed E-state index contributed by atoms with van der Waals surface area (Å²) in [5.74, 6) is 0.856. The van der Waals surface area contributed by atoms with Crippen molar-refractivity contribution >= 4 is 15.9 Å². The summed E-state index contributed by atoms with van der Waals surface area (Å²) >= 11 is 0. The number of rotatable bonds is 7. The maximum absolute atomic E-state index is 13.0. The van der Waals surface area contributed by atoms with Crippen LogP contribution in [0.2, 0.25) is 0 Å². The molecule has 1 unspecified atom stereocenters. The molecule has 1 aliphatic heterocycles. The number of carbonyl (C=O) groups excluding carboxylic acids is 1. The molecule has 0 aromatic heterocycles. The van der Waals surface area contributed by atoms with Crippen LogP contribution >= 0.6 is 0 Å². The lowest BCUT2D eigenvalue weighted by Gasteiger charge is -2.24. The minimum absolute atomic E-state index is 0.0914. The summed E-state index contributed by atoms with van der Waals surface area (Å²) in [6.45, 7) is 4.84. The fraction of sp³-hybridized carbons (Fsp3) is 0.588. The highest BCUT2D eigenvalue weighted by Gasteiger charge is 2.39. The molecule has 140 valence electrons. The van der Waals surface area contributed by atoms with Crippen molar-refractivity contribution < 1.29 is 22.7 Å². The van der Waals surface area contributed by atoms with Gasteiger partial charge in [-0.05, 0) is 30.9 Å². The molecule has 1 N–H and O–H groups in total. The zero-order chi connectivity index (χ0) is 18.6. The summed E-state index contributed by atoms with van der Waals surface area (Å²) < 4.78 is 37.6. The highest BCUT2D eigenvalue weighted by molar-refractivity contribution is 7.89. The highest BCUT2D eigenvalue weighted by atomic mass is 32.2. The molecule has 1 heterocycles. The zero-order valence-electron chi connectivity index (χ0n) is 15.1. The Morgan fingerprint density at radius 3 is 2.56 bits per heavy atom. The van der Waals surface area contributed by atoms with Crippen LogP contribution in [0, 0.1) is 5.92 Å². The summed E-state index contributed by atoms with van der Waals surface area (Å²) in [7, 11) is -0.854. The Hall–Kier alpha value is -1.80. The van der Waals surface area contributed by atoms with E-state index in [0.717, 1.165) is 0 Å². The number of ether oxygens (including phenoxy) is 2. The van der Waals surface area contributed by atoms with Crippen LogP contribution in [0.3, 0.4) is 0 Å². The van der Waals surface area contributed by atoms with Gasteiger partial charge in [0.25, 0.3) is 0 Å². The summed E-state index contributed by atoms with van der Waals surface area (Å²) in [4.78, 5) is 12.5. The maximum Gasteiger partial charge on any atom is 0.243 e. The van der Waals surface area contributed by atoms with E-state index in [-0.39, 0.29) is 10.8 Å². The second kappa shape index (κ2) is 8.05. The van der Waals surface area contributed by atoms with E-state index in [4.69, 9.17) is 9.47 Å². The Labute approximate surface area is 149 Å². The van der Waals surface area contributed by atoms with Crippen molar-refractivity contribution in [3.63, 3.8) is 0 Å². The van der Waals surface area contributed by atoms with E-state index in [1.807, 2.05) is 13.8 Å². The van der Waals surface area contributed by atoms with Gasteiger partial charge in [-0.1, -0.05) is 13.8 Å². The highest BCUT2D eigenvalue weighted by Crippen LogP contribution is 2.33. The Morgan fingerprint density at radius 1 is 1.28 bits per heavy atom. The molecule has 25 heavy (non-hydrogen) atoms. The number of benzene rings is 1. The average molecular weight is 370 g/mol. The lowest BCUT2D eigenvalue weighted by atomic mass is 10.2. The molecule has 1 amide bonds. The summed E-state index contributed by atoms with van der Waals surface area (Å²) in [6.07, 6.45) is 1.18. The Bertz CT molecular complexity index is 718. The molecule has 1 fully saturated rings. The third-order valence-electron chi connectivity index (χ3n) is 4.15. The van der Waals surface area contributed by atoms with Crippen molar-refractivity contribution in [1.82, 2.24) is 9.62 Å². The van der Waals surface area contributed by atoms with Crippen molar-refractivity contribution in [2.24, 2.45) is 5.92 Å². The van der Waals surface area contributed by atoms with Crippen molar-refractivity contribution in [1.29, 1.82) is 0 Å². The molecule has 7 nitrogen and oxygen atoms in total.